The van der Waals surface area contributed by atoms with E-state index in [-0.39, 0.29) is 17.6 Å². The first-order valence-corrected chi connectivity index (χ1v) is 11.2. The van der Waals surface area contributed by atoms with Crippen molar-refractivity contribution in [2.75, 3.05) is 13.1 Å². The van der Waals surface area contributed by atoms with Gasteiger partial charge in [-0.3, -0.25) is 15.0 Å². The number of nitrogens with one attached hydrogen (secondary N) is 2. The van der Waals surface area contributed by atoms with Crippen molar-refractivity contribution < 1.29 is 14.0 Å². The number of hydrogen-bond donors (Lipinski definition) is 2. The van der Waals surface area contributed by atoms with Gasteiger partial charge in [-0.15, -0.1) is 0 Å². The first-order chi connectivity index (χ1) is 15.0. The quantitative estimate of drug-likeness (QED) is 0.627. The Morgan fingerprint density at radius 3 is 2.45 bits per heavy atom. The zero-order chi connectivity index (χ0) is 21.8. The highest BCUT2D eigenvalue weighted by molar-refractivity contribution is 6.31. The Morgan fingerprint density at radius 2 is 1.81 bits per heavy atom. The molecule has 2 aromatic rings. The van der Waals surface area contributed by atoms with Gasteiger partial charge in [-0.25, -0.2) is 9.18 Å². The number of aryl methyl sites for hydroxylation is 1. The van der Waals surface area contributed by atoms with Crippen molar-refractivity contribution in [3.63, 3.8) is 0 Å². The second kappa shape index (κ2) is 9.37. The standard InChI is InChI=1S/C24H27ClFN3O2/c25-20-9-4-10-21(26)19(20)16-29-14-11-18(12-15-29)24(22(30)27-23(31)28-24)13-5-8-17-6-2-1-3-7-17/h1-4,6-7,9-10,18H,5,8,11-16H2,(H2,27,28,30,31). The lowest BCUT2D eigenvalue weighted by atomic mass is 9.74. The van der Waals surface area contributed by atoms with E-state index in [1.165, 1.54) is 11.6 Å². The van der Waals surface area contributed by atoms with Gasteiger partial charge in [0.05, 0.1) is 0 Å². The minimum absolute atomic E-state index is 0.0436. The molecule has 0 aliphatic carbocycles. The van der Waals surface area contributed by atoms with Gasteiger partial charge in [-0.2, -0.15) is 0 Å². The number of halogens is 2. The van der Waals surface area contributed by atoms with E-state index in [4.69, 9.17) is 11.6 Å². The van der Waals surface area contributed by atoms with Gasteiger partial charge in [0.15, 0.2) is 0 Å². The normalized spacial score (nSPS) is 22.4. The molecular weight excluding hydrogens is 417 g/mol. The van der Waals surface area contributed by atoms with Gasteiger partial charge in [0.25, 0.3) is 5.91 Å². The number of amides is 3. The molecule has 2 fully saturated rings. The predicted molar refractivity (Wildman–Crippen MR) is 118 cm³/mol. The minimum Gasteiger partial charge on any atom is -0.323 e. The van der Waals surface area contributed by atoms with Crippen LogP contribution in [0.5, 0.6) is 0 Å². The van der Waals surface area contributed by atoms with Crippen molar-refractivity contribution in [2.45, 2.75) is 44.2 Å². The fourth-order valence-electron chi connectivity index (χ4n) is 4.88. The van der Waals surface area contributed by atoms with E-state index in [1.807, 2.05) is 18.2 Å². The van der Waals surface area contributed by atoms with Gasteiger partial charge >= 0.3 is 6.03 Å². The summed E-state index contributed by atoms with van der Waals surface area (Å²) in [6, 6.07) is 14.5. The van der Waals surface area contributed by atoms with Crippen LogP contribution in [-0.4, -0.2) is 35.5 Å². The molecule has 0 saturated carbocycles. The fourth-order valence-corrected chi connectivity index (χ4v) is 5.10. The van der Waals surface area contributed by atoms with Crippen LogP contribution in [-0.2, 0) is 17.8 Å². The maximum Gasteiger partial charge on any atom is 0.322 e. The molecule has 7 heteroatoms. The molecule has 0 spiro atoms. The van der Waals surface area contributed by atoms with E-state index >= 15 is 0 Å². The monoisotopic (exact) mass is 443 g/mol. The summed E-state index contributed by atoms with van der Waals surface area (Å²) in [6.45, 7) is 1.88. The lowest BCUT2D eigenvalue weighted by Gasteiger charge is -2.41. The van der Waals surface area contributed by atoms with Gasteiger partial charge in [-0.1, -0.05) is 48.0 Å². The Morgan fingerprint density at radius 1 is 1.06 bits per heavy atom. The topological polar surface area (TPSA) is 61.4 Å². The number of nitrogens with zero attached hydrogens (tertiary/aromatic N) is 1. The molecule has 164 valence electrons. The molecule has 4 rings (SSSR count). The fraction of sp³-hybridized carbons (Fsp3) is 0.417. The summed E-state index contributed by atoms with van der Waals surface area (Å²) in [6.07, 6.45) is 3.78. The summed E-state index contributed by atoms with van der Waals surface area (Å²) in [5, 5.41) is 5.84. The molecule has 31 heavy (non-hydrogen) atoms. The Balaban J connectivity index is 1.40. The van der Waals surface area contributed by atoms with E-state index in [0.29, 0.717) is 23.6 Å². The molecule has 0 bridgehead atoms. The molecule has 0 aromatic heterocycles. The first-order valence-electron chi connectivity index (χ1n) is 10.8. The predicted octanol–water partition coefficient (Wildman–Crippen LogP) is 4.29. The first kappa shape index (κ1) is 21.8. The van der Waals surface area contributed by atoms with E-state index in [0.717, 1.165) is 38.8 Å². The number of benzene rings is 2. The average Bonchev–Trinajstić information content (AvgIpc) is 3.06. The lowest BCUT2D eigenvalue weighted by molar-refractivity contribution is -0.127. The number of hydrogen-bond acceptors (Lipinski definition) is 3. The SMILES string of the molecule is O=C1NC(=O)C(CCCc2ccccc2)(C2CCN(Cc3c(F)cccc3Cl)CC2)N1. The summed E-state index contributed by atoms with van der Waals surface area (Å²) in [7, 11) is 0. The highest BCUT2D eigenvalue weighted by Gasteiger charge is 2.51. The van der Waals surface area contributed by atoms with Gasteiger partial charge in [0.2, 0.25) is 0 Å². The maximum absolute atomic E-state index is 14.2. The van der Waals surface area contributed by atoms with Crippen LogP contribution in [0.25, 0.3) is 0 Å². The minimum atomic E-state index is -0.867. The summed E-state index contributed by atoms with van der Waals surface area (Å²) >= 11 is 6.18. The van der Waals surface area contributed by atoms with Gasteiger partial charge < -0.3 is 5.32 Å². The Labute approximate surface area is 187 Å². The number of imide groups is 1. The third-order valence-corrected chi connectivity index (χ3v) is 6.93. The second-order valence-corrected chi connectivity index (χ2v) is 8.88. The molecule has 2 N–H and O–H groups in total. The molecule has 2 saturated heterocycles. The third kappa shape index (κ3) is 4.75. The number of likely N-dealkylation sites (tertiary alicyclic amines) is 1. The largest absolute Gasteiger partial charge is 0.323 e. The number of urea groups is 1. The number of carbonyl (C=O) groups is 2. The Bertz CT molecular complexity index is 927. The van der Waals surface area contributed by atoms with Crippen LogP contribution in [0, 0.1) is 11.7 Å². The molecule has 3 amide bonds. The lowest BCUT2D eigenvalue weighted by Crippen LogP contribution is -2.56. The summed E-state index contributed by atoms with van der Waals surface area (Å²) < 4.78 is 14.2. The van der Waals surface area contributed by atoms with E-state index in [9.17, 15) is 14.0 Å². The van der Waals surface area contributed by atoms with E-state index in [1.54, 1.807) is 12.1 Å². The van der Waals surface area contributed by atoms with Gasteiger partial charge in [0.1, 0.15) is 11.4 Å². The van der Waals surface area contributed by atoms with Crippen LogP contribution >= 0.6 is 11.6 Å². The van der Waals surface area contributed by atoms with Crippen molar-refractivity contribution >= 4 is 23.5 Å². The summed E-state index contributed by atoms with van der Waals surface area (Å²) in [4.78, 5) is 27.0. The number of rotatable bonds is 7. The van der Waals surface area contributed by atoms with Crippen LogP contribution in [0.15, 0.2) is 48.5 Å². The Kier molecular flexibility index (Phi) is 6.58. The van der Waals surface area contributed by atoms with Gasteiger partial charge in [0, 0.05) is 17.1 Å². The van der Waals surface area contributed by atoms with E-state index in [2.05, 4.69) is 27.7 Å². The van der Waals surface area contributed by atoms with Gasteiger partial charge in [-0.05, 0) is 68.8 Å². The highest BCUT2D eigenvalue weighted by atomic mass is 35.5. The van der Waals surface area contributed by atoms with Crippen molar-refractivity contribution in [2.24, 2.45) is 5.92 Å². The average molecular weight is 444 g/mol. The molecule has 2 heterocycles. The number of piperidine rings is 1. The van der Waals surface area contributed by atoms with Crippen molar-refractivity contribution in [1.29, 1.82) is 0 Å². The smallest absolute Gasteiger partial charge is 0.322 e. The van der Waals surface area contributed by atoms with Crippen molar-refractivity contribution in [3.05, 3.63) is 70.5 Å². The van der Waals surface area contributed by atoms with Crippen LogP contribution in [0.1, 0.15) is 36.8 Å². The van der Waals surface area contributed by atoms with Crippen molar-refractivity contribution in [1.82, 2.24) is 15.5 Å². The highest BCUT2D eigenvalue weighted by Crippen LogP contribution is 2.35. The molecular formula is C24H27ClFN3O2. The molecule has 2 aliphatic heterocycles. The molecule has 0 radical (unpaired) electrons. The molecule has 2 aliphatic rings. The molecule has 2 aromatic carbocycles. The molecule has 1 unspecified atom stereocenters. The zero-order valence-corrected chi connectivity index (χ0v) is 18.1. The third-order valence-electron chi connectivity index (χ3n) is 6.58. The van der Waals surface area contributed by atoms with E-state index < -0.39 is 11.6 Å². The van der Waals surface area contributed by atoms with Crippen LogP contribution in [0.4, 0.5) is 9.18 Å². The molecule has 1 atom stereocenters. The maximum atomic E-state index is 14.2. The Hall–Kier alpha value is -2.44. The van der Waals surface area contributed by atoms with Crippen molar-refractivity contribution in [3.8, 4) is 0 Å². The summed E-state index contributed by atoms with van der Waals surface area (Å²) in [5.41, 5.74) is 0.860. The summed E-state index contributed by atoms with van der Waals surface area (Å²) in [5.74, 6) is -0.474. The molecule has 5 nitrogen and oxygen atoms in total. The van der Waals surface area contributed by atoms with Crippen LogP contribution in [0.3, 0.4) is 0 Å². The second-order valence-electron chi connectivity index (χ2n) is 8.47. The van der Waals surface area contributed by atoms with Crippen LogP contribution < -0.4 is 10.6 Å². The number of carbonyl (C=O) groups excluding carboxylic acids is 2. The zero-order valence-electron chi connectivity index (χ0n) is 17.4. The van der Waals surface area contributed by atoms with Crippen LogP contribution in [0.2, 0.25) is 5.02 Å².